The molecule has 24 aliphatic rings. The van der Waals surface area contributed by atoms with Crippen molar-refractivity contribution in [3.8, 4) is 0 Å². The van der Waals surface area contributed by atoms with Crippen LogP contribution in [0, 0.1) is 118 Å². The van der Waals surface area contributed by atoms with E-state index < -0.39 is 0 Å². The van der Waals surface area contributed by atoms with Gasteiger partial charge in [0, 0.05) is 25.2 Å². The highest BCUT2D eigenvalue weighted by molar-refractivity contribution is 5.84. The summed E-state index contributed by atoms with van der Waals surface area (Å²) in [6.07, 6.45) is 122. The Morgan fingerprint density at radius 2 is 0.341 bits per heavy atom. The van der Waals surface area contributed by atoms with Crippen LogP contribution in [0.5, 0.6) is 0 Å². The molecule has 132 heavy (non-hydrogen) atoms. The van der Waals surface area contributed by atoms with Crippen LogP contribution in [0.3, 0.4) is 0 Å². The molecule has 24 aliphatic carbocycles. The van der Waals surface area contributed by atoms with E-state index in [-0.39, 0.29) is 0 Å². The maximum atomic E-state index is 10.8. The van der Waals surface area contributed by atoms with Gasteiger partial charge >= 0.3 is 0 Å². The second-order valence-corrected chi connectivity index (χ2v) is 42.4. The normalized spacial score (nSPS) is 32.4. The van der Waals surface area contributed by atoms with Crippen LogP contribution in [-0.4, -0.2) is 11.6 Å². The number of carbonyl (C=O) groups excluding carboxylic acids is 2. The van der Waals surface area contributed by atoms with E-state index in [0.717, 1.165) is 49.9 Å². The minimum atomic E-state index is 0.464. The average Bonchev–Trinajstić information content (AvgIpc) is 1.56. The van der Waals surface area contributed by atoms with Crippen molar-refractivity contribution in [3.63, 3.8) is 0 Å². The largest absolute Gasteiger partial charge is 0.300 e. The molecule has 12 atom stereocenters. The lowest BCUT2D eigenvalue weighted by Crippen LogP contribution is -2.43. The standard InChI is InChI=1S/C17H28.C12H18.C12H24.C10H16.C8H16.C7H10O.C7H12.C7H14.C6H10O.C6H12.C5H10.C4H8.C3H6.13C2H6/c1-2-6-14-12(4-1)8-10-17-15-7-3-5-13(15)9-11-16(14)17;1-2-8-5-7(1)11-9-3-4-10(6-9)12(8)11;1-2-4-6-8-10-12-11-9-7-5-3-1;1-7-2-9-4-8(1)5-10(3-7)6-9;1-2-4-6-8-7-5-3-1;8-7-4-5-1-2-6(7)3-5;1-2-7-4-3-6(1)5-7;1-2-4-6-7-5-3-1;7-6-4-2-1-3-5-6;1-2-4-6-5-3-1;1-2-4-5-3-1;1-2-4-3-1;1-2-3-1;13*1-2/h12-17H,1-11H2;7-12H,1-6H2;1-12H2;7-10H,1-6H2;1-8H2;5-6H,1-4H2;6-7H,1-5H2;1-7H2;1-5H2;1-6H2;1-5H2;1-4H2;1-3H2;13*1-2H3. The summed E-state index contributed by atoms with van der Waals surface area (Å²) in [6, 6.07) is 0. The van der Waals surface area contributed by atoms with Gasteiger partial charge < -0.3 is 0 Å². The maximum Gasteiger partial charge on any atom is 0.136 e. The van der Waals surface area contributed by atoms with Crippen LogP contribution in [0.4, 0.5) is 0 Å². The molecule has 0 amide bonds. The number of carbonyl (C=O) groups is 2. The molecule has 0 aliphatic heterocycles. The number of Topliss-reactive ketones (excluding diaryl/α,β-unsaturated/α-hetero) is 2. The second kappa shape index (κ2) is 100. The highest BCUT2D eigenvalue weighted by atomic mass is 16.1. The van der Waals surface area contributed by atoms with Gasteiger partial charge in [-0.1, -0.05) is 533 Å². The zero-order valence-corrected chi connectivity index (χ0v) is 97.3. The second-order valence-electron chi connectivity index (χ2n) is 42.4. The first-order chi connectivity index (χ1) is 65.5. The molecular formula is C130H262O2. The van der Waals surface area contributed by atoms with E-state index in [0.29, 0.717) is 17.5 Å². The summed E-state index contributed by atoms with van der Waals surface area (Å²) < 4.78 is 0. The Morgan fingerprint density at radius 1 is 0.144 bits per heavy atom. The summed E-state index contributed by atoms with van der Waals surface area (Å²) in [5.41, 5.74) is 0. The fourth-order valence-corrected chi connectivity index (χ4v) is 28.1. The molecule has 24 rings (SSSR count). The number of fused-ring (bicyclic) bond motifs is 18. The molecule has 12 bridgehead atoms. The van der Waals surface area contributed by atoms with Crippen LogP contribution in [0.25, 0.3) is 0 Å². The minimum Gasteiger partial charge on any atom is -0.300 e. The van der Waals surface area contributed by atoms with E-state index >= 15 is 0 Å². The number of rotatable bonds is 0. The van der Waals surface area contributed by atoms with Crippen molar-refractivity contribution in [2.45, 2.75) is 707 Å². The number of hydrogen-bond acceptors (Lipinski definition) is 2. The quantitative estimate of drug-likeness (QED) is 0.179. The van der Waals surface area contributed by atoms with E-state index in [1.54, 1.807) is 180 Å². The molecular weight excluding hydrogens is 1590 g/mol. The van der Waals surface area contributed by atoms with Crippen LogP contribution in [-0.2, 0) is 9.59 Å². The molecule has 794 valence electrons. The van der Waals surface area contributed by atoms with Gasteiger partial charge in [-0.25, -0.2) is 0 Å². The predicted octanol–water partition coefficient (Wildman–Crippen LogP) is 46.9. The topological polar surface area (TPSA) is 34.1 Å². The summed E-state index contributed by atoms with van der Waals surface area (Å²) in [4.78, 5) is 21.3. The fraction of sp³-hybridized carbons (Fsp3) is 0.985. The Morgan fingerprint density at radius 3 is 0.523 bits per heavy atom. The van der Waals surface area contributed by atoms with Crippen LogP contribution in [0.2, 0.25) is 0 Å². The van der Waals surface area contributed by atoms with E-state index in [1.807, 2.05) is 180 Å². The van der Waals surface area contributed by atoms with Crippen molar-refractivity contribution in [2.75, 3.05) is 0 Å². The monoisotopic (exact) mass is 1860 g/mol. The van der Waals surface area contributed by atoms with Crippen molar-refractivity contribution in [2.24, 2.45) is 118 Å². The first-order valence-corrected chi connectivity index (χ1v) is 64.5. The van der Waals surface area contributed by atoms with Crippen LogP contribution < -0.4 is 0 Å². The average molecular weight is 1860 g/mol. The van der Waals surface area contributed by atoms with Crippen LogP contribution in [0.15, 0.2) is 0 Å². The zero-order valence-electron chi connectivity index (χ0n) is 97.3. The molecule has 24 saturated carbocycles. The third-order valence-corrected chi connectivity index (χ3v) is 34.1. The van der Waals surface area contributed by atoms with E-state index in [9.17, 15) is 9.59 Å². The maximum absolute atomic E-state index is 10.8. The Bertz CT molecular complexity index is 1990. The highest BCUT2D eigenvalue weighted by Crippen LogP contribution is 2.67. The summed E-state index contributed by atoms with van der Waals surface area (Å²) >= 11 is 0. The van der Waals surface area contributed by atoms with Crippen molar-refractivity contribution >= 4 is 11.6 Å². The lowest BCUT2D eigenvalue weighted by atomic mass is 9.54. The van der Waals surface area contributed by atoms with E-state index in [2.05, 4.69) is 0 Å². The van der Waals surface area contributed by atoms with Crippen molar-refractivity contribution in [3.05, 3.63) is 0 Å². The van der Waals surface area contributed by atoms with Gasteiger partial charge in [-0.2, -0.15) is 0 Å². The fourth-order valence-electron chi connectivity index (χ4n) is 28.1. The van der Waals surface area contributed by atoms with Gasteiger partial charge in [-0.3, -0.25) is 9.59 Å². The van der Waals surface area contributed by atoms with Gasteiger partial charge in [0.15, 0.2) is 0 Å². The van der Waals surface area contributed by atoms with E-state index in [4.69, 9.17) is 0 Å². The molecule has 0 heterocycles. The third-order valence-electron chi connectivity index (χ3n) is 34.1. The molecule has 2 nitrogen and oxygen atoms in total. The molecule has 0 saturated heterocycles. The van der Waals surface area contributed by atoms with E-state index in [1.165, 1.54) is 409 Å². The Hall–Kier alpha value is -0.660. The molecule has 24 fully saturated rings. The zero-order chi connectivity index (χ0) is 98.7. The van der Waals surface area contributed by atoms with Crippen molar-refractivity contribution in [1.82, 2.24) is 0 Å². The summed E-state index contributed by atoms with van der Waals surface area (Å²) in [5.74, 6) is 23.7. The Labute approximate surface area is 840 Å². The number of hydrogen-bond donors (Lipinski definition) is 0. The van der Waals surface area contributed by atoms with Gasteiger partial charge in [0.2, 0.25) is 0 Å². The number of ketones is 2. The third kappa shape index (κ3) is 61.4. The molecule has 2 heteroatoms. The van der Waals surface area contributed by atoms with Gasteiger partial charge in [0.05, 0.1) is 0 Å². The van der Waals surface area contributed by atoms with Crippen molar-refractivity contribution < 1.29 is 9.59 Å². The molecule has 12 unspecified atom stereocenters. The molecule has 0 radical (unpaired) electrons. The molecule has 0 aromatic heterocycles. The lowest BCUT2D eigenvalue weighted by molar-refractivity contribution is -0.122. The predicted molar refractivity (Wildman–Crippen MR) is 606 cm³/mol. The Kier molecular flexibility index (Phi) is 103. The minimum absolute atomic E-state index is 0.464. The highest BCUT2D eigenvalue weighted by Gasteiger charge is 2.59. The smallest absolute Gasteiger partial charge is 0.136 e. The van der Waals surface area contributed by atoms with Crippen molar-refractivity contribution in [1.29, 1.82) is 0 Å². The molecule has 0 aromatic carbocycles. The molecule has 0 aromatic rings. The van der Waals surface area contributed by atoms with Crippen LogP contribution >= 0.6 is 0 Å². The summed E-state index contributed by atoms with van der Waals surface area (Å²) in [6.45, 7) is 52.0. The SMILES string of the molecule is C1C2CC3CC1CC(C2)C3.C1CC1.C1CC2CC1C1C3CCC(C3)C21.C1CC2CCC1C2.C1CCC1.C1CCC2C(C1)CCC1C3CCCC3CCC21.C1CCCC1.C1CCCCC1.C1CCCCCC1.C1CCCCCCC1.C1CCCCCCCCCCC1.CC.CC.CC.CC.CC.CC.CC.CC.CC.CC.CC.CC.CC.O=C1CC2CCC1C2.O=C1CCCCC1. The van der Waals surface area contributed by atoms with Gasteiger partial charge in [0.1, 0.15) is 11.6 Å². The summed E-state index contributed by atoms with van der Waals surface area (Å²) in [7, 11) is 0. The van der Waals surface area contributed by atoms with Gasteiger partial charge in [-0.05, 0) is 267 Å². The Balaban J connectivity index is -0.00000136. The first-order valence-electron chi connectivity index (χ1n) is 64.5. The van der Waals surface area contributed by atoms with Gasteiger partial charge in [-0.15, -0.1) is 0 Å². The molecule has 0 N–H and O–H groups in total. The summed E-state index contributed by atoms with van der Waals surface area (Å²) in [5, 5.41) is 0. The lowest BCUT2D eigenvalue weighted by Gasteiger charge is -2.51. The first kappa shape index (κ1) is 135. The van der Waals surface area contributed by atoms with Crippen LogP contribution in [0.1, 0.15) is 707 Å². The molecule has 0 spiro atoms. The van der Waals surface area contributed by atoms with Gasteiger partial charge in [0.25, 0.3) is 0 Å².